The average molecular weight is 394 g/mol. The highest BCUT2D eigenvalue weighted by Crippen LogP contribution is 2.16. The van der Waals surface area contributed by atoms with Crippen molar-refractivity contribution in [1.82, 2.24) is 5.32 Å². The summed E-state index contributed by atoms with van der Waals surface area (Å²) in [5.74, 6) is 1.24. The maximum absolute atomic E-state index is 12.2. The second-order valence-electron chi connectivity index (χ2n) is 6.06. The summed E-state index contributed by atoms with van der Waals surface area (Å²) < 4.78 is 16.4. The molecule has 150 valence electrons. The van der Waals surface area contributed by atoms with Crippen molar-refractivity contribution >= 4 is 17.5 Å². The number of hydrogen-bond donors (Lipinski definition) is 2. The smallest absolute Gasteiger partial charge is 0.287 e. The normalized spacial score (nSPS) is 10.2. The number of ether oxygens (including phenoxy) is 2. The number of carbonyl (C=O) groups excluding carboxylic acids is 2. The molecule has 0 radical (unpaired) electrons. The van der Waals surface area contributed by atoms with Gasteiger partial charge in [-0.25, -0.2) is 0 Å². The van der Waals surface area contributed by atoms with Gasteiger partial charge in [-0.2, -0.15) is 0 Å². The van der Waals surface area contributed by atoms with E-state index in [4.69, 9.17) is 13.9 Å². The first-order chi connectivity index (χ1) is 14.1. The van der Waals surface area contributed by atoms with Gasteiger partial charge in [-0.1, -0.05) is 18.2 Å². The Morgan fingerprint density at radius 1 is 0.897 bits per heavy atom. The number of rotatable bonds is 9. The molecule has 3 rings (SSSR count). The third-order valence-corrected chi connectivity index (χ3v) is 3.87. The number of nitrogens with one attached hydrogen (secondary N) is 2. The SMILES string of the molecule is CCOc1ccc(NC(=O)CNC(=O)c2ccc(COc3ccccc3)o2)cc1. The number of hydrogen-bond acceptors (Lipinski definition) is 5. The lowest BCUT2D eigenvalue weighted by atomic mass is 10.3. The van der Waals surface area contributed by atoms with Gasteiger partial charge in [-0.3, -0.25) is 9.59 Å². The standard InChI is InChI=1S/C22H22N2O5/c1-2-27-18-10-8-16(9-11-18)24-21(25)14-23-22(26)20-13-12-19(29-20)15-28-17-6-4-3-5-7-17/h3-13H,2,14-15H2,1H3,(H,23,26)(H,24,25). The van der Waals surface area contributed by atoms with E-state index in [1.807, 2.05) is 37.3 Å². The molecule has 0 aliphatic rings. The van der Waals surface area contributed by atoms with Gasteiger partial charge in [-0.15, -0.1) is 0 Å². The van der Waals surface area contributed by atoms with Crippen molar-refractivity contribution in [3.05, 3.63) is 78.3 Å². The first-order valence-electron chi connectivity index (χ1n) is 9.21. The predicted octanol–water partition coefficient (Wildman–Crippen LogP) is 3.63. The van der Waals surface area contributed by atoms with E-state index in [0.29, 0.717) is 23.8 Å². The van der Waals surface area contributed by atoms with Crippen molar-refractivity contribution in [2.24, 2.45) is 0 Å². The molecule has 29 heavy (non-hydrogen) atoms. The first kappa shape index (κ1) is 20.0. The predicted molar refractivity (Wildman–Crippen MR) is 108 cm³/mol. The van der Waals surface area contributed by atoms with E-state index >= 15 is 0 Å². The fraction of sp³-hybridized carbons (Fsp3) is 0.182. The minimum Gasteiger partial charge on any atom is -0.494 e. The molecule has 0 saturated carbocycles. The van der Waals surface area contributed by atoms with Crippen LogP contribution >= 0.6 is 0 Å². The van der Waals surface area contributed by atoms with Gasteiger partial charge in [0.15, 0.2) is 5.76 Å². The lowest BCUT2D eigenvalue weighted by Crippen LogP contribution is -2.32. The number of carbonyl (C=O) groups is 2. The van der Waals surface area contributed by atoms with Gasteiger partial charge in [-0.05, 0) is 55.5 Å². The third-order valence-electron chi connectivity index (χ3n) is 3.87. The highest BCUT2D eigenvalue weighted by Gasteiger charge is 2.13. The molecule has 1 heterocycles. The van der Waals surface area contributed by atoms with Crippen LogP contribution in [0.2, 0.25) is 0 Å². The molecule has 0 aliphatic heterocycles. The summed E-state index contributed by atoms with van der Waals surface area (Å²) in [7, 11) is 0. The number of amides is 2. The number of benzene rings is 2. The minimum absolute atomic E-state index is 0.116. The topological polar surface area (TPSA) is 89.8 Å². The molecule has 0 unspecified atom stereocenters. The zero-order chi connectivity index (χ0) is 20.5. The van der Waals surface area contributed by atoms with E-state index in [1.54, 1.807) is 36.4 Å². The largest absolute Gasteiger partial charge is 0.494 e. The number of para-hydroxylation sites is 1. The zero-order valence-corrected chi connectivity index (χ0v) is 16.0. The van der Waals surface area contributed by atoms with Crippen LogP contribution in [0.1, 0.15) is 23.2 Å². The fourth-order valence-electron chi connectivity index (χ4n) is 2.50. The summed E-state index contributed by atoms with van der Waals surface area (Å²) in [6, 6.07) is 19.5. The highest BCUT2D eigenvalue weighted by atomic mass is 16.5. The summed E-state index contributed by atoms with van der Waals surface area (Å²) >= 11 is 0. The maximum Gasteiger partial charge on any atom is 0.287 e. The van der Waals surface area contributed by atoms with E-state index in [9.17, 15) is 9.59 Å². The Labute approximate surface area is 168 Å². The van der Waals surface area contributed by atoms with E-state index in [0.717, 1.165) is 5.75 Å². The van der Waals surface area contributed by atoms with Gasteiger partial charge in [0.1, 0.15) is 23.9 Å². The van der Waals surface area contributed by atoms with Crippen LogP contribution in [0.4, 0.5) is 5.69 Å². The van der Waals surface area contributed by atoms with E-state index < -0.39 is 5.91 Å². The van der Waals surface area contributed by atoms with Crippen molar-refractivity contribution in [2.45, 2.75) is 13.5 Å². The molecule has 2 aromatic carbocycles. The molecule has 1 aromatic heterocycles. The third kappa shape index (κ3) is 6.14. The molecule has 0 aliphatic carbocycles. The quantitative estimate of drug-likeness (QED) is 0.579. The molecular formula is C22H22N2O5. The van der Waals surface area contributed by atoms with E-state index in [2.05, 4.69) is 10.6 Å². The van der Waals surface area contributed by atoms with Crippen LogP contribution in [0, 0.1) is 0 Å². The summed E-state index contributed by atoms with van der Waals surface area (Å²) in [6.45, 7) is 2.50. The lowest BCUT2D eigenvalue weighted by molar-refractivity contribution is -0.115. The minimum atomic E-state index is -0.474. The number of furan rings is 1. The maximum atomic E-state index is 12.2. The van der Waals surface area contributed by atoms with Gasteiger partial charge in [0.05, 0.1) is 13.2 Å². The van der Waals surface area contributed by atoms with E-state index in [-0.39, 0.29) is 24.8 Å². The molecule has 3 aromatic rings. The Kier molecular flexibility index (Phi) is 6.89. The summed E-state index contributed by atoms with van der Waals surface area (Å²) in [5, 5.41) is 5.23. The molecule has 0 bridgehead atoms. The molecule has 0 spiro atoms. The Hall–Kier alpha value is -3.74. The lowest BCUT2D eigenvalue weighted by Gasteiger charge is -2.07. The van der Waals surface area contributed by atoms with Crippen LogP contribution in [0.25, 0.3) is 0 Å². The monoisotopic (exact) mass is 394 g/mol. The van der Waals surface area contributed by atoms with Crippen LogP contribution in [-0.4, -0.2) is 25.0 Å². The molecule has 2 amide bonds. The Balaban J connectivity index is 1.44. The van der Waals surface area contributed by atoms with Crippen LogP contribution in [-0.2, 0) is 11.4 Å². The molecule has 0 atom stereocenters. The average Bonchev–Trinajstić information content (AvgIpc) is 3.22. The van der Waals surface area contributed by atoms with Crippen LogP contribution in [0.15, 0.2) is 71.1 Å². The fourth-order valence-corrected chi connectivity index (χ4v) is 2.50. The van der Waals surface area contributed by atoms with Gasteiger partial charge in [0.2, 0.25) is 5.91 Å². The van der Waals surface area contributed by atoms with Crippen molar-refractivity contribution in [1.29, 1.82) is 0 Å². The van der Waals surface area contributed by atoms with Gasteiger partial charge in [0, 0.05) is 5.69 Å². The molecule has 0 fully saturated rings. The van der Waals surface area contributed by atoms with Crippen LogP contribution in [0.5, 0.6) is 11.5 Å². The molecule has 7 heteroatoms. The van der Waals surface area contributed by atoms with E-state index in [1.165, 1.54) is 0 Å². The van der Waals surface area contributed by atoms with Crippen molar-refractivity contribution in [2.75, 3.05) is 18.5 Å². The van der Waals surface area contributed by atoms with Crippen molar-refractivity contribution < 1.29 is 23.5 Å². The summed E-state index contributed by atoms with van der Waals surface area (Å²) in [6.07, 6.45) is 0. The molecule has 7 nitrogen and oxygen atoms in total. The van der Waals surface area contributed by atoms with Crippen molar-refractivity contribution in [3.63, 3.8) is 0 Å². The number of anilines is 1. The van der Waals surface area contributed by atoms with Crippen LogP contribution in [0.3, 0.4) is 0 Å². The summed E-state index contributed by atoms with van der Waals surface area (Å²) in [4.78, 5) is 24.2. The Bertz CT molecular complexity index is 935. The van der Waals surface area contributed by atoms with Gasteiger partial charge < -0.3 is 24.5 Å². The summed E-state index contributed by atoms with van der Waals surface area (Å²) in [5.41, 5.74) is 0.617. The van der Waals surface area contributed by atoms with Gasteiger partial charge >= 0.3 is 0 Å². The molecule has 2 N–H and O–H groups in total. The van der Waals surface area contributed by atoms with Crippen molar-refractivity contribution in [3.8, 4) is 11.5 Å². The first-order valence-corrected chi connectivity index (χ1v) is 9.21. The second-order valence-corrected chi connectivity index (χ2v) is 6.06. The van der Waals surface area contributed by atoms with Crippen LogP contribution < -0.4 is 20.1 Å². The van der Waals surface area contributed by atoms with Gasteiger partial charge in [0.25, 0.3) is 5.91 Å². The molecule has 0 saturated heterocycles. The second kappa shape index (κ2) is 9.98. The molecular weight excluding hydrogens is 372 g/mol. The highest BCUT2D eigenvalue weighted by molar-refractivity contribution is 5.98. The zero-order valence-electron chi connectivity index (χ0n) is 16.0. The Morgan fingerprint density at radius 3 is 2.34 bits per heavy atom. The Morgan fingerprint density at radius 2 is 1.62 bits per heavy atom.